The first-order chi connectivity index (χ1) is 22.5. The van der Waals surface area contributed by atoms with Crippen LogP contribution < -0.4 is 4.90 Å². The summed E-state index contributed by atoms with van der Waals surface area (Å²) in [5, 5.41) is 2.23. The molecule has 0 N–H and O–H groups in total. The minimum Gasteiger partial charge on any atom is -0.423 e. The van der Waals surface area contributed by atoms with Crippen molar-refractivity contribution in [3.63, 3.8) is 0 Å². The van der Waals surface area contributed by atoms with Crippen molar-refractivity contribution in [1.82, 2.24) is 14.8 Å². The molecule has 0 bridgehead atoms. The van der Waals surface area contributed by atoms with Gasteiger partial charge in [-0.1, -0.05) is 80.6 Å². The van der Waals surface area contributed by atoms with Crippen molar-refractivity contribution in [3.8, 4) is 0 Å². The summed E-state index contributed by atoms with van der Waals surface area (Å²) in [7, 11) is 4.50. The van der Waals surface area contributed by atoms with Gasteiger partial charge in [0, 0.05) is 30.4 Å². The zero-order valence-electron chi connectivity index (χ0n) is 28.5. The molecule has 2 aromatic carbocycles. The van der Waals surface area contributed by atoms with E-state index in [9.17, 15) is 0 Å². The van der Waals surface area contributed by atoms with Gasteiger partial charge in [0.2, 0.25) is 11.8 Å². The number of oxazole rings is 1. The number of hydrogen-bond acceptors (Lipinski definition) is 6. The fourth-order valence-electron chi connectivity index (χ4n) is 8.34. The highest BCUT2D eigenvalue weighted by Gasteiger charge is 2.38. The Morgan fingerprint density at radius 2 is 1.39 bits per heavy atom. The minimum absolute atomic E-state index is 0.217. The van der Waals surface area contributed by atoms with E-state index in [2.05, 4.69) is 121 Å². The van der Waals surface area contributed by atoms with Crippen LogP contribution >= 0.6 is 11.3 Å². The van der Waals surface area contributed by atoms with Crippen LogP contribution in [0.3, 0.4) is 0 Å². The Kier molecular flexibility index (Phi) is 11.3. The molecule has 5 nitrogen and oxygen atoms in total. The molecule has 4 aromatic rings. The third kappa shape index (κ3) is 7.78. The smallest absolute Gasteiger partial charge is 0.219 e. The molecule has 6 rings (SSSR count). The van der Waals surface area contributed by atoms with E-state index in [1.54, 1.807) is 0 Å². The van der Waals surface area contributed by atoms with Gasteiger partial charge in [-0.3, -0.25) is 4.90 Å². The van der Waals surface area contributed by atoms with E-state index in [4.69, 9.17) is 9.40 Å². The lowest BCUT2D eigenvalue weighted by Crippen LogP contribution is -2.37. The second-order valence-electron chi connectivity index (χ2n) is 13.9. The number of hydrogen-bond donors (Lipinski definition) is 0. The quantitative estimate of drug-likeness (QED) is 0.146. The van der Waals surface area contributed by atoms with Gasteiger partial charge in [-0.05, 0) is 112 Å². The van der Waals surface area contributed by atoms with Gasteiger partial charge in [0.05, 0.1) is 6.04 Å². The zero-order chi connectivity index (χ0) is 31.9. The average molecular weight is 639 g/mol. The summed E-state index contributed by atoms with van der Waals surface area (Å²) in [6, 6.07) is 27.1. The zero-order valence-corrected chi connectivity index (χ0v) is 29.3. The van der Waals surface area contributed by atoms with E-state index in [-0.39, 0.29) is 6.04 Å². The second kappa shape index (κ2) is 15.8. The maximum absolute atomic E-state index is 7.02. The molecule has 1 aliphatic carbocycles. The molecule has 3 heterocycles. The van der Waals surface area contributed by atoms with Crippen LogP contribution in [0.4, 0.5) is 5.88 Å². The van der Waals surface area contributed by atoms with Crippen molar-refractivity contribution in [1.29, 1.82) is 0 Å². The molecule has 0 spiro atoms. The lowest BCUT2D eigenvalue weighted by molar-refractivity contribution is 0.0744. The van der Waals surface area contributed by atoms with Gasteiger partial charge in [-0.15, -0.1) is 11.3 Å². The SMILES string of the molecule is CCN(CC)C(c1nc(Cc2ccccc2)c(N2CCC(Cc3ccccc3)CC2)o1)C1CCC(C(c2cccs2)N(C)C)CC1. The number of benzene rings is 2. The predicted molar refractivity (Wildman–Crippen MR) is 193 cm³/mol. The largest absolute Gasteiger partial charge is 0.423 e. The standard InChI is InChI=1S/C40H54N4OS/c1-5-43(6-2)38(34-21-19-33(20-22-34)37(42(3)4)36-18-13-27-46-36)39-41-35(29-31-16-11-8-12-17-31)40(45-39)44-25-23-32(24-26-44)28-30-14-9-7-10-15-30/h7-18,27,32-34,37-38H,5-6,19-26,28-29H2,1-4H3. The Morgan fingerprint density at radius 3 is 1.96 bits per heavy atom. The van der Waals surface area contributed by atoms with Crippen molar-refractivity contribution < 1.29 is 4.42 Å². The van der Waals surface area contributed by atoms with Crippen LogP contribution in [-0.2, 0) is 12.8 Å². The third-order valence-electron chi connectivity index (χ3n) is 10.7. The van der Waals surface area contributed by atoms with Gasteiger partial charge < -0.3 is 14.2 Å². The summed E-state index contributed by atoms with van der Waals surface area (Å²) in [6.45, 7) is 8.67. The van der Waals surface area contributed by atoms with Crippen molar-refractivity contribution in [2.24, 2.45) is 17.8 Å². The molecular formula is C40H54N4OS. The summed E-state index contributed by atoms with van der Waals surface area (Å²) >= 11 is 1.91. The van der Waals surface area contributed by atoms with Crippen molar-refractivity contribution in [2.75, 3.05) is 45.2 Å². The topological polar surface area (TPSA) is 35.8 Å². The molecule has 2 aromatic heterocycles. The van der Waals surface area contributed by atoms with Crippen LogP contribution in [-0.4, -0.2) is 55.1 Å². The lowest BCUT2D eigenvalue weighted by Gasteiger charge is -2.41. The Labute approximate surface area is 281 Å². The molecule has 2 aliphatic rings. The minimum atomic E-state index is 0.217. The molecule has 2 unspecified atom stereocenters. The lowest BCUT2D eigenvalue weighted by atomic mass is 9.74. The number of anilines is 1. The van der Waals surface area contributed by atoms with Crippen LogP contribution in [0.25, 0.3) is 0 Å². The predicted octanol–water partition coefficient (Wildman–Crippen LogP) is 9.28. The highest BCUT2D eigenvalue weighted by Crippen LogP contribution is 2.46. The molecule has 46 heavy (non-hydrogen) atoms. The number of piperidine rings is 1. The molecule has 2 fully saturated rings. The molecule has 1 saturated heterocycles. The first-order valence-electron chi connectivity index (χ1n) is 17.8. The summed E-state index contributed by atoms with van der Waals surface area (Å²) in [6.07, 6.45) is 9.31. The van der Waals surface area contributed by atoms with Gasteiger partial charge in [0.25, 0.3) is 0 Å². The Bertz CT molecular complexity index is 1430. The maximum atomic E-state index is 7.02. The van der Waals surface area contributed by atoms with Crippen molar-refractivity contribution in [2.45, 2.75) is 77.3 Å². The molecule has 6 heteroatoms. The van der Waals surface area contributed by atoms with E-state index < -0.39 is 0 Å². The fraction of sp³-hybridized carbons (Fsp3) is 0.525. The van der Waals surface area contributed by atoms with Crippen molar-refractivity contribution >= 4 is 17.2 Å². The van der Waals surface area contributed by atoms with Crippen LogP contribution in [0.5, 0.6) is 0 Å². The Balaban J connectivity index is 1.23. The van der Waals surface area contributed by atoms with Gasteiger partial charge >= 0.3 is 0 Å². The number of rotatable bonds is 13. The van der Waals surface area contributed by atoms with Crippen molar-refractivity contribution in [3.05, 3.63) is 106 Å². The number of nitrogens with zero attached hydrogens (tertiary/aromatic N) is 4. The van der Waals surface area contributed by atoms with Crippen LogP contribution in [0.15, 0.2) is 82.6 Å². The number of aromatic nitrogens is 1. The molecule has 1 aliphatic heterocycles. The Hall–Kier alpha value is -2.93. The summed E-state index contributed by atoms with van der Waals surface area (Å²) in [5.41, 5.74) is 3.86. The van der Waals surface area contributed by atoms with Gasteiger partial charge in [0.15, 0.2) is 0 Å². The van der Waals surface area contributed by atoms with Crippen LogP contribution in [0.2, 0.25) is 0 Å². The van der Waals surface area contributed by atoms with E-state index in [0.29, 0.717) is 17.9 Å². The molecule has 0 radical (unpaired) electrons. The first-order valence-corrected chi connectivity index (χ1v) is 18.7. The maximum Gasteiger partial charge on any atom is 0.219 e. The first kappa shape index (κ1) is 33.0. The van der Waals surface area contributed by atoms with E-state index in [1.165, 1.54) is 60.9 Å². The molecule has 246 valence electrons. The van der Waals surface area contributed by atoms with E-state index in [0.717, 1.165) is 56.0 Å². The number of thiophene rings is 1. The van der Waals surface area contributed by atoms with Gasteiger partial charge in [-0.2, -0.15) is 0 Å². The highest BCUT2D eigenvalue weighted by atomic mass is 32.1. The highest BCUT2D eigenvalue weighted by molar-refractivity contribution is 7.10. The molecule has 2 atom stereocenters. The summed E-state index contributed by atoms with van der Waals surface area (Å²) in [5.74, 6) is 3.93. The molecule has 0 amide bonds. The molecule has 1 saturated carbocycles. The van der Waals surface area contributed by atoms with Crippen LogP contribution in [0.1, 0.15) is 92.0 Å². The Morgan fingerprint density at radius 1 is 0.783 bits per heavy atom. The monoisotopic (exact) mass is 638 g/mol. The van der Waals surface area contributed by atoms with E-state index >= 15 is 0 Å². The average Bonchev–Trinajstić information content (AvgIpc) is 3.76. The second-order valence-corrected chi connectivity index (χ2v) is 14.8. The van der Waals surface area contributed by atoms with Crippen LogP contribution in [0, 0.1) is 17.8 Å². The third-order valence-corrected chi connectivity index (χ3v) is 11.7. The van der Waals surface area contributed by atoms with E-state index in [1.807, 2.05) is 11.3 Å². The van der Waals surface area contributed by atoms with Gasteiger partial charge in [-0.25, -0.2) is 4.98 Å². The normalized spacial score (nSPS) is 20.8. The molecular weight excluding hydrogens is 585 g/mol. The summed E-state index contributed by atoms with van der Waals surface area (Å²) < 4.78 is 7.02. The fourth-order valence-corrected chi connectivity index (χ4v) is 9.36. The summed E-state index contributed by atoms with van der Waals surface area (Å²) in [4.78, 5) is 14.5. The van der Waals surface area contributed by atoms with Gasteiger partial charge in [0.1, 0.15) is 5.69 Å².